The van der Waals surface area contributed by atoms with Gasteiger partial charge in [0.15, 0.2) is 11.0 Å². The molecule has 172 valence electrons. The zero-order valence-electron chi connectivity index (χ0n) is 18.6. The number of methoxy groups -OCH3 is 1. The van der Waals surface area contributed by atoms with Gasteiger partial charge in [0, 0.05) is 30.7 Å². The Balaban J connectivity index is 1.39. The van der Waals surface area contributed by atoms with Crippen molar-refractivity contribution in [1.82, 2.24) is 19.7 Å². The molecule has 0 aliphatic heterocycles. The Morgan fingerprint density at radius 3 is 2.44 bits per heavy atom. The van der Waals surface area contributed by atoms with Gasteiger partial charge in [-0.1, -0.05) is 23.9 Å². The average Bonchev–Trinajstić information content (AvgIpc) is 3.24. The number of benzene rings is 2. The molecule has 2 aromatic carbocycles. The molecule has 2 amide bonds. The first kappa shape index (κ1) is 23.0. The number of amides is 2. The summed E-state index contributed by atoms with van der Waals surface area (Å²) < 4.78 is 6.96. The van der Waals surface area contributed by atoms with Crippen molar-refractivity contribution in [3.8, 4) is 17.1 Å². The van der Waals surface area contributed by atoms with Gasteiger partial charge in [-0.15, -0.1) is 10.2 Å². The van der Waals surface area contributed by atoms with Crippen LogP contribution in [0.25, 0.3) is 11.4 Å². The van der Waals surface area contributed by atoms with E-state index in [1.165, 1.54) is 11.8 Å². The topological polar surface area (TPSA) is 111 Å². The highest BCUT2D eigenvalue weighted by atomic mass is 32.2. The number of anilines is 2. The lowest BCUT2D eigenvalue weighted by Gasteiger charge is -2.12. The Labute approximate surface area is 200 Å². The van der Waals surface area contributed by atoms with Crippen molar-refractivity contribution in [3.63, 3.8) is 0 Å². The first-order valence-corrected chi connectivity index (χ1v) is 11.3. The number of ether oxygens (including phenoxy) is 1. The minimum Gasteiger partial charge on any atom is -0.497 e. The predicted octanol–water partition coefficient (Wildman–Crippen LogP) is 3.87. The quantitative estimate of drug-likeness (QED) is 0.373. The Bertz CT molecular complexity index is 1290. The molecule has 2 N–H and O–H groups in total. The Morgan fingerprint density at radius 2 is 1.71 bits per heavy atom. The number of hydrogen-bond donors (Lipinski definition) is 2. The molecule has 2 aromatic heterocycles. The molecule has 0 saturated carbocycles. The highest BCUT2D eigenvalue weighted by molar-refractivity contribution is 7.99. The van der Waals surface area contributed by atoms with E-state index in [2.05, 4.69) is 25.8 Å². The van der Waals surface area contributed by atoms with Crippen LogP contribution in [0.2, 0.25) is 0 Å². The largest absolute Gasteiger partial charge is 0.497 e. The molecular weight excluding hydrogens is 452 g/mol. The molecule has 0 fully saturated rings. The normalized spacial score (nSPS) is 10.5. The van der Waals surface area contributed by atoms with Crippen LogP contribution >= 0.6 is 11.8 Å². The minimum absolute atomic E-state index is 0.108. The van der Waals surface area contributed by atoms with E-state index >= 15 is 0 Å². The Hall–Kier alpha value is -4.18. The van der Waals surface area contributed by atoms with Crippen molar-refractivity contribution in [1.29, 1.82) is 0 Å². The molecule has 4 aromatic rings. The smallest absolute Gasteiger partial charge is 0.257 e. The van der Waals surface area contributed by atoms with Gasteiger partial charge >= 0.3 is 0 Å². The van der Waals surface area contributed by atoms with Crippen LogP contribution < -0.4 is 15.4 Å². The van der Waals surface area contributed by atoms with E-state index < -0.39 is 0 Å². The molecule has 0 saturated heterocycles. The van der Waals surface area contributed by atoms with E-state index in [4.69, 9.17) is 4.74 Å². The van der Waals surface area contributed by atoms with Crippen molar-refractivity contribution in [2.45, 2.75) is 5.16 Å². The van der Waals surface area contributed by atoms with Gasteiger partial charge in [0.1, 0.15) is 5.75 Å². The Morgan fingerprint density at radius 1 is 0.971 bits per heavy atom. The molecule has 0 spiro atoms. The highest BCUT2D eigenvalue weighted by Crippen LogP contribution is 2.23. The van der Waals surface area contributed by atoms with E-state index in [1.54, 1.807) is 68.0 Å². The Kier molecular flexibility index (Phi) is 7.19. The van der Waals surface area contributed by atoms with Crippen molar-refractivity contribution in [2.24, 2.45) is 7.05 Å². The summed E-state index contributed by atoms with van der Waals surface area (Å²) >= 11 is 1.26. The zero-order valence-corrected chi connectivity index (χ0v) is 19.4. The van der Waals surface area contributed by atoms with Gasteiger partial charge in [0.2, 0.25) is 5.91 Å². The van der Waals surface area contributed by atoms with Gasteiger partial charge in [-0.3, -0.25) is 14.6 Å². The molecule has 2 heterocycles. The van der Waals surface area contributed by atoms with E-state index in [-0.39, 0.29) is 17.6 Å². The van der Waals surface area contributed by atoms with Crippen LogP contribution in [0.15, 0.2) is 78.2 Å². The van der Waals surface area contributed by atoms with Crippen LogP contribution in [-0.2, 0) is 11.8 Å². The zero-order chi connectivity index (χ0) is 23.9. The molecule has 0 unspecified atom stereocenters. The summed E-state index contributed by atoms with van der Waals surface area (Å²) in [4.78, 5) is 29.4. The summed E-state index contributed by atoms with van der Waals surface area (Å²) in [6.07, 6.45) is 3.37. The van der Waals surface area contributed by atoms with Gasteiger partial charge in [0.25, 0.3) is 5.91 Å². The fourth-order valence-electron chi connectivity index (χ4n) is 3.17. The standard InChI is InChI=1S/C24H22N6O3S/c1-30-22(16-11-13-25-14-12-16)28-29-24(30)34-15-21(31)27-20-6-4-3-5-19(20)23(32)26-17-7-9-18(33-2)10-8-17/h3-14H,15H2,1-2H3,(H,26,32)(H,27,31). The molecule has 0 bridgehead atoms. The second-order valence-corrected chi connectivity index (χ2v) is 8.11. The van der Waals surface area contributed by atoms with Crippen LogP contribution in [0.4, 0.5) is 11.4 Å². The molecule has 0 atom stereocenters. The van der Waals surface area contributed by atoms with Gasteiger partial charge in [-0.2, -0.15) is 0 Å². The van der Waals surface area contributed by atoms with Gasteiger partial charge < -0.3 is 19.9 Å². The van der Waals surface area contributed by atoms with Crippen LogP contribution in [0.5, 0.6) is 5.75 Å². The van der Waals surface area contributed by atoms with Gasteiger partial charge in [-0.25, -0.2) is 0 Å². The predicted molar refractivity (Wildman–Crippen MR) is 131 cm³/mol. The number of pyridine rings is 1. The summed E-state index contributed by atoms with van der Waals surface area (Å²) in [5.74, 6) is 0.897. The first-order chi connectivity index (χ1) is 16.5. The second kappa shape index (κ2) is 10.6. The molecule has 0 aliphatic carbocycles. The molecule has 9 nitrogen and oxygen atoms in total. The number of nitrogens with one attached hydrogen (secondary N) is 2. The maximum atomic E-state index is 12.8. The van der Waals surface area contributed by atoms with Crippen molar-refractivity contribution in [3.05, 3.63) is 78.6 Å². The first-order valence-electron chi connectivity index (χ1n) is 10.3. The lowest BCUT2D eigenvalue weighted by Crippen LogP contribution is -2.19. The number of para-hydroxylation sites is 1. The van der Waals surface area contributed by atoms with Crippen LogP contribution in [0, 0.1) is 0 Å². The molecule has 10 heteroatoms. The maximum Gasteiger partial charge on any atom is 0.257 e. The van der Waals surface area contributed by atoms with Crippen LogP contribution in [0.3, 0.4) is 0 Å². The molecular formula is C24H22N6O3S. The lowest BCUT2D eigenvalue weighted by molar-refractivity contribution is -0.113. The summed E-state index contributed by atoms with van der Waals surface area (Å²) in [7, 11) is 3.42. The monoisotopic (exact) mass is 474 g/mol. The number of aromatic nitrogens is 4. The van der Waals surface area contributed by atoms with E-state index in [0.717, 1.165) is 5.56 Å². The third-order valence-corrected chi connectivity index (χ3v) is 5.92. The number of nitrogens with zero attached hydrogens (tertiary/aromatic N) is 4. The summed E-state index contributed by atoms with van der Waals surface area (Å²) in [5, 5.41) is 14.6. The van der Waals surface area contributed by atoms with Crippen LogP contribution in [-0.4, -0.2) is 44.4 Å². The number of hydrogen-bond acceptors (Lipinski definition) is 7. The third kappa shape index (κ3) is 5.41. The van der Waals surface area contributed by atoms with Crippen LogP contribution in [0.1, 0.15) is 10.4 Å². The highest BCUT2D eigenvalue weighted by Gasteiger charge is 2.16. The molecule has 34 heavy (non-hydrogen) atoms. The number of rotatable bonds is 8. The number of carbonyl (C=O) groups is 2. The minimum atomic E-state index is -0.330. The van der Waals surface area contributed by atoms with Crippen molar-refractivity contribution >= 4 is 35.0 Å². The van der Waals surface area contributed by atoms with Gasteiger partial charge in [-0.05, 0) is 48.5 Å². The fourth-order valence-corrected chi connectivity index (χ4v) is 3.88. The summed E-state index contributed by atoms with van der Waals surface area (Å²) in [6, 6.07) is 17.6. The molecule has 0 radical (unpaired) electrons. The van der Waals surface area contributed by atoms with Crippen molar-refractivity contribution < 1.29 is 14.3 Å². The average molecular weight is 475 g/mol. The van der Waals surface area contributed by atoms with E-state index in [1.807, 2.05) is 23.7 Å². The van der Waals surface area contributed by atoms with E-state index in [9.17, 15) is 9.59 Å². The van der Waals surface area contributed by atoms with Crippen molar-refractivity contribution in [2.75, 3.05) is 23.5 Å². The third-order valence-electron chi connectivity index (χ3n) is 4.90. The fraction of sp³-hybridized carbons (Fsp3) is 0.125. The number of thioether (sulfide) groups is 1. The summed E-state index contributed by atoms with van der Waals surface area (Å²) in [6.45, 7) is 0. The summed E-state index contributed by atoms with van der Waals surface area (Å²) in [5.41, 5.74) is 2.29. The number of carbonyl (C=O) groups excluding carboxylic acids is 2. The molecule has 0 aliphatic rings. The second-order valence-electron chi connectivity index (χ2n) is 7.17. The maximum absolute atomic E-state index is 12.8. The van der Waals surface area contributed by atoms with Gasteiger partial charge in [0.05, 0.1) is 24.1 Å². The molecule has 4 rings (SSSR count). The van der Waals surface area contributed by atoms with E-state index in [0.29, 0.717) is 33.7 Å². The SMILES string of the molecule is COc1ccc(NC(=O)c2ccccc2NC(=O)CSc2nnc(-c3ccncc3)n2C)cc1. The lowest BCUT2D eigenvalue weighted by atomic mass is 10.1.